The molecule has 1 aromatic rings. The zero-order chi connectivity index (χ0) is 12.1. The van der Waals surface area contributed by atoms with E-state index in [0.717, 1.165) is 4.34 Å². The molecule has 5 nitrogen and oxygen atoms in total. The Morgan fingerprint density at radius 1 is 1.50 bits per heavy atom. The number of amides is 1. The molecule has 0 aliphatic rings. The number of nitrogens with zero attached hydrogens (tertiary/aromatic N) is 2. The molecule has 0 aromatic carbocycles. The summed E-state index contributed by atoms with van der Waals surface area (Å²) in [6.07, 6.45) is 0. The van der Waals surface area contributed by atoms with Gasteiger partial charge in [0, 0.05) is 6.04 Å². The highest BCUT2D eigenvalue weighted by atomic mass is 32.2. The first-order valence-corrected chi connectivity index (χ1v) is 6.80. The minimum absolute atomic E-state index is 0.0139. The number of rotatable bonds is 5. The number of thioether (sulfide) groups is 1. The van der Waals surface area contributed by atoms with Gasteiger partial charge in [-0.1, -0.05) is 36.9 Å². The summed E-state index contributed by atoms with van der Waals surface area (Å²) < 4.78 is 0.727. The molecule has 0 fully saturated rings. The predicted molar refractivity (Wildman–Crippen MR) is 67.5 cm³/mol. The lowest BCUT2D eigenvalue weighted by Crippen LogP contribution is -2.37. The van der Waals surface area contributed by atoms with Crippen LogP contribution < -0.4 is 11.1 Å². The van der Waals surface area contributed by atoms with Gasteiger partial charge in [-0.2, -0.15) is 0 Å². The molecule has 0 aliphatic carbocycles. The van der Waals surface area contributed by atoms with Gasteiger partial charge in [0.2, 0.25) is 11.0 Å². The Balaban J connectivity index is 2.30. The van der Waals surface area contributed by atoms with Gasteiger partial charge < -0.3 is 11.1 Å². The fraction of sp³-hybridized carbons (Fsp3) is 0.667. The first-order valence-electron chi connectivity index (χ1n) is 5.00. The maximum absolute atomic E-state index is 11.5. The summed E-state index contributed by atoms with van der Waals surface area (Å²) in [4.78, 5) is 11.5. The van der Waals surface area contributed by atoms with Crippen molar-refractivity contribution in [3.05, 3.63) is 0 Å². The molecule has 1 aromatic heterocycles. The van der Waals surface area contributed by atoms with Gasteiger partial charge >= 0.3 is 0 Å². The smallest absolute Gasteiger partial charge is 0.230 e. The number of carbonyl (C=O) groups excluding carboxylic acids is 1. The molecule has 1 atom stereocenters. The van der Waals surface area contributed by atoms with Crippen LogP contribution in [0.3, 0.4) is 0 Å². The van der Waals surface area contributed by atoms with Crippen molar-refractivity contribution in [2.75, 3.05) is 11.5 Å². The largest absolute Gasteiger partial charge is 0.374 e. The Labute approximate surface area is 103 Å². The predicted octanol–water partition coefficient (Wildman–Crippen LogP) is 1.37. The van der Waals surface area contributed by atoms with E-state index >= 15 is 0 Å². The number of hydrogen-bond donors (Lipinski definition) is 2. The fourth-order valence-corrected chi connectivity index (χ4v) is 2.32. The van der Waals surface area contributed by atoms with Crippen molar-refractivity contribution in [1.29, 1.82) is 0 Å². The van der Waals surface area contributed by atoms with Crippen molar-refractivity contribution in [2.24, 2.45) is 5.92 Å². The third kappa shape index (κ3) is 4.36. The molecular formula is C9H16N4OS2. The molecule has 3 N–H and O–H groups in total. The van der Waals surface area contributed by atoms with Crippen LogP contribution >= 0.6 is 23.1 Å². The molecule has 0 radical (unpaired) electrons. The standard InChI is InChI=1S/C9H16N4OS2/c1-5(2)6(3)11-7(14)4-15-9-13-12-8(10)16-9/h5-6H,4H2,1-3H3,(H2,10,12)(H,11,14)/t6-/m0/s1. The molecule has 90 valence electrons. The van der Waals surface area contributed by atoms with Crippen LogP contribution in [0, 0.1) is 5.92 Å². The number of aromatic nitrogens is 2. The van der Waals surface area contributed by atoms with Gasteiger partial charge in [-0.05, 0) is 12.8 Å². The lowest BCUT2D eigenvalue weighted by atomic mass is 10.1. The summed E-state index contributed by atoms with van der Waals surface area (Å²) in [5, 5.41) is 10.9. The Morgan fingerprint density at radius 3 is 2.69 bits per heavy atom. The fourth-order valence-electron chi connectivity index (χ4n) is 0.868. The zero-order valence-corrected chi connectivity index (χ0v) is 11.2. The van der Waals surface area contributed by atoms with Crippen molar-refractivity contribution in [2.45, 2.75) is 31.2 Å². The van der Waals surface area contributed by atoms with E-state index in [0.29, 0.717) is 16.8 Å². The number of nitrogens with one attached hydrogen (secondary N) is 1. The quantitative estimate of drug-likeness (QED) is 0.782. The van der Waals surface area contributed by atoms with Crippen LogP contribution in [-0.4, -0.2) is 27.9 Å². The monoisotopic (exact) mass is 260 g/mol. The average Bonchev–Trinajstić information content (AvgIpc) is 2.61. The van der Waals surface area contributed by atoms with Gasteiger partial charge in [-0.15, -0.1) is 10.2 Å². The maximum Gasteiger partial charge on any atom is 0.230 e. The van der Waals surface area contributed by atoms with Gasteiger partial charge in [0.1, 0.15) is 0 Å². The molecule has 1 amide bonds. The van der Waals surface area contributed by atoms with Crippen molar-refractivity contribution in [3.63, 3.8) is 0 Å². The molecule has 0 unspecified atom stereocenters. The number of nitrogens with two attached hydrogens (primary N) is 1. The third-order valence-corrected chi connectivity index (χ3v) is 4.02. The van der Waals surface area contributed by atoms with E-state index in [1.54, 1.807) is 0 Å². The van der Waals surface area contributed by atoms with Gasteiger partial charge in [-0.3, -0.25) is 4.79 Å². The molecular weight excluding hydrogens is 244 g/mol. The lowest BCUT2D eigenvalue weighted by molar-refractivity contribution is -0.119. The SMILES string of the molecule is CC(C)[C@H](C)NC(=O)CSc1nnc(N)s1. The van der Waals surface area contributed by atoms with Crippen LogP contribution in [0.2, 0.25) is 0 Å². The average molecular weight is 260 g/mol. The lowest BCUT2D eigenvalue weighted by Gasteiger charge is -2.16. The highest BCUT2D eigenvalue weighted by Crippen LogP contribution is 2.23. The van der Waals surface area contributed by atoms with Gasteiger partial charge in [0.15, 0.2) is 4.34 Å². The van der Waals surface area contributed by atoms with E-state index in [1.165, 1.54) is 23.1 Å². The Hall–Kier alpha value is -0.820. The molecule has 0 saturated heterocycles. The topological polar surface area (TPSA) is 80.9 Å². The second-order valence-corrected chi connectivity index (χ2v) is 6.03. The summed E-state index contributed by atoms with van der Waals surface area (Å²) in [5.74, 6) is 0.803. The molecule has 0 spiro atoms. The first kappa shape index (κ1) is 13.2. The minimum atomic E-state index is 0.0139. The Bertz CT molecular complexity index is 353. The Kier molecular flexibility index (Phi) is 5.01. The summed E-state index contributed by atoms with van der Waals surface area (Å²) in [7, 11) is 0. The minimum Gasteiger partial charge on any atom is -0.374 e. The molecule has 0 bridgehead atoms. The first-order chi connectivity index (χ1) is 7.49. The second kappa shape index (κ2) is 6.05. The van der Waals surface area contributed by atoms with Crippen molar-refractivity contribution >= 4 is 34.1 Å². The highest BCUT2D eigenvalue weighted by Gasteiger charge is 2.11. The van der Waals surface area contributed by atoms with E-state index in [-0.39, 0.29) is 11.9 Å². The molecule has 1 rings (SSSR count). The van der Waals surface area contributed by atoms with Gasteiger partial charge in [0.05, 0.1) is 5.75 Å². The summed E-state index contributed by atoms with van der Waals surface area (Å²) in [5.41, 5.74) is 5.44. The number of nitrogen functional groups attached to an aromatic ring is 1. The van der Waals surface area contributed by atoms with E-state index in [1.807, 2.05) is 6.92 Å². The van der Waals surface area contributed by atoms with Gasteiger partial charge in [0.25, 0.3) is 0 Å². The zero-order valence-electron chi connectivity index (χ0n) is 9.56. The van der Waals surface area contributed by atoms with Crippen LogP contribution in [-0.2, 0) is 4.79 Å². The molecule has 0 saturated carbocycles. The second-order valence-electron chi connectivity index (χ2n) is 3.80. The van der Waals surface area contributed by atoms with Crippen molar-refractivity contribution in [3.8, 4) is 0 Å². The van der Waals surface area contributed by atoms with Crippen LogP contribution in [0.15, 0.2) is 4.34 Å². The van der Waals surface area contributed by atoms with Crippen molar-refractivity contribution < 1.29 is 4.79 Å². The van der Waals surface area contributed by atoms with E-state index in [4.69, 9.17) is 5.73 Å². The number of anilines is 1. The van der Waals surface area contributed by atoms with Gasteiger partial charge in [-0.25, -0.2) is 0 Å². The number of hydrogen-bond acceptors (Lipinski definition) is 6. The van der Waals surface area contributed by atoms with E-state index in [2.05, 4.69) is 29.4 Å². The van der Waals surface area contributed by atoms with Crippen LogP contribution in [0.1, 0.15) is 20.8 Å². The molecule has 1 heterocycles. The van der Waals surface area contributed by atoms with Crippen molar-refractivity contribution in [1.82, 2.24) is 15.5 Å². The van der Waals surface area contributed by atoms with E-state index < -0.39 is 0 Å². The summed E-state index contributed by atoms with van der Waals surface area (Å²) in [6.45, 7) is 6.14. The van der Waals surface area contributed by atoms with Crippen LogP contribution in [0.5, 0.6) is 0 Å². The maximum atomic E-state index is 11.5. The molecule has 0 aliphatic heterocycles. The molecule has 16 heavy (non-hydrogen) atoms. The summed E-state index contributed by atoms with van der Waals surface area (Å²) >= 11 is 2.65. The Morgan fingerprint density at radius 2 is 2.19 bits per heavy atom. The van der Waals surface area contributed by atoms with Crippen LogP contribution in [0.4, 0.5) is 5.13 Å². The molecule has 7 heteroatoms. The highest BCUT2D eigenvalue weighted by molar-refractivity contribution is 8.01. The summed E-state index contributed by atoms with van der Waals surface area (Å²) in [6, 6.07) is 0.188. The third-order valence-electron chi connectivity index (χ3n) is 2.14. The number of carbonyl (C=O) groups is 1. The normalized spacial score (nSPS) is 12.8. The van der Waals surface area contributed by atoms with E-state index in [9.17, 15) is 4.79 Å². The van der Waals surface area contributed by atoms with Crippen LogP contribution in [0.25, 0.3) is 0 Å².